The van der Waals surface area contributed by atoms with Gasteiger partial charge in [0.2, 0.25) is 15.9 Å². The van der Waals surface area contributed by atoms with Crippen molar-refractivity contribution in [3.63, 3.8) is 0 Å². The molecule has 2 aromatic rings. The Hall–Kier alpha value is -2.48. The van der Waals surface area contributed by atoms with Crippen molar-refractivity contribution in [2.75, 3.05) is 16.3 Å². The molecule has 0 bridgehead atoms. The normalized spacial score (nSPS) is 11.1. The van der Waals surface area contributed by atoms with Gasteiger partial charge in [-0.2, -0.15) is 0 Å². The van der Waals surface area contributed by atoms with Crippen LogP contribution in [0.5, 0.6) is 0 Å². The van der Waals surface area contributed by atoms with Crippen LogP contribution in [0.25, 0.3) is 0 Å². The Balaban J connectivity index is 1.91. The van der Waals surface area contributed by atoms with E-state index >= 15 is 0 Å². The number of hydrogen-bond acceptors (Lipinski definition) is 3. The first-order valence-corrected chi connectivity index (χ1v) is 8.94. The Morgan fingerprint density at radius 3 is 2.29 bits per heavy atom. The Bertz CT molecular complexity index is 837. The summed E-state index contributed by atoms with van der Waals surface area (Å²) in [5.74, 6) is -1.47. The third kappa shape index (κ3) is 5.62. The number of hydrogen-bond donors (Lipinski definition) is 2. The average Bonchev–Trinajstić information content (AvgIpc) is 2.49. The molecule has 0 saturated heterocycles. The number of benzene rings is 2. The highest BCUT2D eigenvalue weighted by molar-refractivity contribution is 7.92. The van der Waals surface area contributed by atoms with E-state index in [9.17, 15) is 22.0 Å². The first kappa shape index (κ1) is 17.9. The topological polar surface area (TPSA) is 75.3 Å². The second kappa shape index (κ2) is 7.39. The molecule has 24 heavy (non-hydrogen) atoms. The lowest BCUT2D eigenvalue weighted by molar-refractivity contribution is -0.116. The first-order chi connectivity index (χ1) is 11.2. The predicted octanol–water partition coefficient (Wildman–Crippen LogP) is 2.91. The molecule has 2 rings (SSSR count). The van der Waals surface area contributed by atoms with Crippen molar-refractivity contribution in [1.82, 2.24) is 0 Å². The zero-order valence-corrected chi connectivity index (χ0v) is 13.7. The minimum atomic E-state index is -3.36. The second-order valence-electron chi connectivity index (χ2n) is 5.24. The molecule has 0 aliphatic carbocycles. The van der Waals surface area contributed by atoms with Crippen LogP contribution in [0.4, 0.5) is 20.2 Å². The third-order valence-electron chi connectivity index (χ3n) is 3.10. The van der Waals surface area contributed by atoms with Crippen molar-refractivity contribution in [2.24, 2.45) is 0 Å². The quantitative estimate of drug-likeness (QED) is 0.838. The zero-order chi connectivity index (χ0) is 17.7. The lowest BCUT2D eigenvalue weighted by Crippen LogP contribution is -2.13. The number of amides is 1. The largest absolute Gasteiger partial charge is 0.326 e. The standard InChI is InChI=1S/C16H16F2N2O3S/c1-24(22,23)20-14-6-4-13(5-7-14)19-16(21)9-2-11-10-12(17)3-8-15(11)18/h3-8,10,20H,2,9H2,1H3,(H,19,21). The summed E-state index contributed by atoms with van der Waals surface area (Å²) in [5.41, 5.74) is 0.981. The van der Waals surface area contributed by atoms with Gasteiger partial charge < -0.3 is 5.32 Å². The van der Waals surface area contributed by atoms with Crippen molar-refractivity contribution in [2.45, 2.75) is 12.8 Å². The maximum absolute atomic E-state index is 13.5. The molecule has 2 aromatic carbocycles. The summed E-state index contributed by atoms with van der Waals surface area (Å²) in [7, 11) is -3.36. The van der Waals surface area contributed by atoms with Crippen LogP contribution in [0, 0.1) is 11.6 Å². The van der Waals surface area contributed by atoms with Gasteiger partial charge in [-0.1, -0.05) is 0 Å². The summed E-state index contributed by atoms with van der Waals surface area (Å²) < 4.78 is 51.0. The molecule has 0 fully saturated rings. The number of carbonyl (C=O) groups is 1. The van der Waals surface area contributed by atoms with Crippen LogP contribution in [-0.4, -0.2) is 20.6 Å². The molecule has 0 spiro atoms. The van der Waals surface area contributed by atoms with E-state index in [2.05, 4.69) is 10.0 Å². The van der Waals surface area contributed by atoms with E-state index in [-0.39, 0.29) is 24.3 Å². The van der Waals surface area contributed by atoms with Gasteiger partial charge in [0.15, 0.2) is 0 Å². The molecule has 128 valence electrons. The molecular formula is C16H16F2N2O3S. The molecule has 5 nitrogen and oxygen atoms in total. The lowest BCUT2D eigenvalue weighted by Gasteiger charge is -2.08. The summed E-state index contributed by atoms with van der Waals surface area (Å²) >= 11 is 0. The van der Waals surface area contributed by atoms with Crippen molar-refractivity contribution in [1.29, 1.82) is 0 Å². The number of anilines is 2. The fourth-order valence-electron chi connectivity index (χ4n) is 2.04. The Morgan fingerprint density at radius 1 is 1.04 bits per heavy atom. The third-order valence-corrected chi connectivity index (χ3v) is 3.71. The fraction of sp³-hybridized carbons (Fsp3) is 0.188. The van der Waals surface area contributed by atoms with E-state index in [0.29, 0.717) is 11.4 Å². The Morgan fingerprint density at radius 2 is 1.67 bits per heavy atom. The van der Waals surface area contributed by atoms with Gasteiger partial charge in [0, 0.05) is 17.8 Å². The van der Waals surface area contributed by atoms with Crippen LogP contribution in [0.3, 0.4) is 0 Å². The summed E-state index contributed by atoms with van der Waals surface area (Å²) in [6.07, 6.45) is 1.10. The molecule has 1 amide bonds. The predicted molar refractivity (Wildman–Crippen MR) is 88.2 cm³/mol. The van der Waals surface area contributed by atoms with Gasteiger partial charge in [0.1, 0.15) is 11.6 Å². The van der Waals surface area contributed by atoms with E-state index in [1.165, 1.54) is 24.3 Å². The summed E-state index contributed by atoms with van der Waals surface area (Å²) in [6.45, 7) is 0. The van der Waals surface area contributed by atoms with Gasteiger partial charge in [-0.15, -0.1) is 0 Å². The van der Waals surface area contributed by atoms with Crippen LogP contribution in [0.15, 0.2) is 42.5 Å². The highest BCUT2D eigenvalue weighted by atomic mass is 32.2. The Labute approximate surface area is 138 Å². The summed E-state index contributed by atoms with van der Waals surface area (Å²) in [6, 6.07) is 9.18. The molecule has 0 unspecified atom stereocenters. The number of carbonyl (C=O) groups excluding carboxylic acids is 1. The minimum Gasteiger partial charge on any atom is -0.326 e. The molecule has 0 radical (unpaired) electrons. The molecule has 0 atom stereocenters. The maximum Gasteiger partial charge on any atom is 0.229 e. The van der Waals surface area contributed by atoms with Crippen LogP contribution >= 0.6 is 0 Å². The molecule has 0 aliphatic heterocycles. The van der Waals surface area contributed by atoms with E-state index in [0.717, 1.165) is 24.5 Å². The van der Waals surface area contributed by atoms with Gasteiger partial charge in [-0.25, -0.2) is 17.2 Å². The molecule has 0 aliphatic rings. The second-order valence-corrected chi connectivity index (χ2v) is 6.98. The summed E-state index contributed by atoms with van der Waals surface area (Å²) in [5, 5.41) is 2.60. The van der Waals surface area contributed by atoms with Gasteiger partial charge in [0.25, 0.3) is 0 Å². The van der Waals surface area contributed by atoms with E-state index in [4.69, 9.17) is 0 Å². The molecule has 2 N–H and O–H groups in total. The van der Waals surface area contributed by atoms with Crippen LogP contribution in [0.2, 0.25) is 0 Å². The average molecular weight is 354 g/mol. The summed E-state index contributed by atoms with van der Waals surface area (Å²) in [4.78, 5) is 11.9. The number of halogens is 2. The number of sulfonamides is 1. The van der Waals surface area contributed by atoms with Crippen LogP contribution in [-0.2, 0) is 21.2 Å². The fourth-order valence-corrected chi connectivity index (χ4v) is 2.61. The van der Waals surface area contributed by atoms with Gasteiger partial charge in [-0.3, -0.25) is 9.52 Å². The van der Waals surface area contributed by atoms with Crippen molar-refractivity contribution in [3.8, 4) is 0 Å². The lowest BCUT2D eigenvalue weighted by atomic mass is 10.1. The molecule has 0 aromatic heterocycles. The molecule has 0 heterocycles. The highest BCUT2D eigenvalue weighted by Gasteiger charge is 2.08. The first-order valence-electron chi connectivity index (χ1n) is 7.04. The van der Waals surface area contributed by atoms with Gasteiger partial charge in [0.05, 0.1) is 6.26 Å². The van der Waals surface area contributed by atoms with Crippen molar-refractivity contribution >= 4 is 27.3 Å². The zero-order valence-electron chi connectivity index (χ0n) is 12.8. The molecule has 8 heteroatoms. The SMILES string of the molecule is CS(=O)(=O)Nc1ccc(NC(=O)CCc2cc(F)ccc2F)cc1. The van der Waals surface area contributed by atoms with E-state index in [1.807, 2.05) is 0 Å². The van der Waals surface area contributed by atoms with Crippen molar-refractivity contribution in [3.05, 3.63) is 59.7 Å². The Kier molecular flexibility index (Phi) is 5.50. The van der Waals surface area contributed by atoms with Crippen LogP contribution in [0.1, 0.15) is 12.0 Å². The monoisotopic (exact) mass is 354 g/mol. The smallest absolute Gasteiger partial charge is 0.229 e. The number of nitrogens with one attached hydrogen (secondary N) is 2. The highest BCUT2D eigenvalue weighted by Crippen LogP contribution is 2.16. The number of rotatable bonds is 6. The molecular weight excluding hydrogens is 338 g/mol. The van der Waals surface area contributed by atoms with Crippen LogP contribution < -0.4 is 10.0 Å². The minimum absolute atomic E-state index is 0.0102. The maximum atomic E-state index is 13.5. The van der Waals surface area contributed by atoms with Gasteiger partial charge >= 0.3 is 0 Å². The molecule has 0 saturated carbocycles. The van der Waals surface area contributed by atoms with E-state index in [1.54, 1.807) is 0 Å². The number of aryl methyl sites for hydroxylation is 1. The van der Waals surface area contributed by atoms with Gasteiger partial charge in [-0.05, 0) is 54.4 Å². The van der Waals surface area contributed by atoms with Crippen molar-refractivity contribution < 1.29 is 22.0 Å². The van der Waals surface area contributed by atoms with E-state index < -0.39 is 21.7 Å².